The van der Waals surface area contributed by atoms with E-state index in [1.54, 1.807) is 0 Å². The smallest absolute Gasteiger partial charge is 0.186 e. The number of ketones is 1. The Balaban J connectivity index is 3.31. The maximum atomic E-state index is 11.9. The lowest BCUT2D eigenvalue weighted by atomic mass is 9.91. The van der Waals surface area contributed by atoms with E-state index in [1.807, 2.05) is 33.8 Å². The molecule has 0 atom stereocenters. The Hall–Kier alpha value is -1.90. The molecule has 0 saturated heterocycles. The average molecular weight is 231 g/mol. The Kier molecular flexibility index (Phi) is 3.84. The van der Waals surface area contributed by atoms with E-state index in [-0.39, 0.29) is 5.78 Å². The predicted molar refractivity (Wildman–Crippen MR) is 63.9 cm³/mol. The van der Waals surface area contributed by atoms with Crippen molar-refractivity contribution in [1.82, 2.24) is 0 Å². The third-order valence-electron chi connectivity index (χ3n) is 2.98. The van der Waals surface area contributed by atoms with Crippen LogP contribution < -0.4 is 5.11 Å². The van der Waals surface area contributed by atoms with Gasteiger partial charge in [0.2, 0.25) is 0 Å². The van der Waals surface area contributed by atoms with Crippen LogP contribution in [0.1, 0.15) is 32.6 Å². The number of carboxylic acid groups (broad SMARTS) is 1. The number of aliphatic carboxylic acids is 1. The Morgan fingerprint density at radius 2 is 1.47 bits per heavy atom. The minimum atomic E-state index is -1.36. The highest BCUT2D eigenvalue weighted by Crippen LogP contribution is 2.22. The number of carboxylic acids is 1. The first-order chi connectivity index (χ1) is 7.84. The van der Waals surface area contributed by atoms with Gasteiger partial charge in [-0.1, -0.05) is 6.07 Å². The summed E-state index contributed by atoms with van der Waals surface area (Å²) in [6.07, 6.45) is 1.81. The van der Waals surface area contributed by atoms with Crippen LogP contribution in [0.2, 0.25) is 0 Å². The van der Waals surface area contributed by atoms with Crippen LogP contribution >= 0.6 is 0 Å². The van der Waals surface area contributed by atoms with Gasteiger partial charge < -0.3 is 9.90 Å². The van der Waals surface area contributed by atoms with Gasteiger partial charge in [-0.15, -0.1) is 0 Å². The van der Waals surface area contributed by atoms with Gasteiger partial charge in [0.25, 0.3) is 0 Å². The molecule has 0 spiro atoms. The number of allylic oxidation sites excluding steroid dienone is 1. The molecule has 0 fully saturated rings. The van der Waals surface area contributed by atoms with E-state index < -0.39 is 5.97 Å². The zero-order valence-electron chi connectivity index (χ0n) is 10.5. The van der Waals surface area contributed by atoms with Gasteiger partial charge in [-0.2, -0.15) is 0 Å². The van der Waals surface area contributed by atoms with Crippen molar-refractivity contribution in [2.24, 2.45) is 0 Å². The highest BCUT2D eigenvalue weighted by molar-refractivity contribution is 6.08. The lowest BCUT2D eigenvalue weighted by Gasteiger charge is -2.12. The molecule has 17 heavy (non-hydrogen) atoms. The fraction of sp³-hybridized carbons (Fsp3) is 0.286. The maximum Gasteiger partial charge on any atom is 0.186 e. The van der Waals surface area contributed by atoms with Crippen molar-refractivity contribution in [3.8, 4) is 0 Å². The van der Waals surface area contributed by atoms with Crippen molar-refractivity contribution in [3.05, 3.63) is 46.0 Å². The number of benzene rings is 1. The molecule has 0 heterocycles. The monoisotopic (exact) mass is 231 g/mol. The Morgan fingerprint density at radius 1 is 1.00 bits per heavy atom. The van der Waals surface area contributed by atoms with Gasteiger partial charge in [-0.3, -0.25) is 4.79 Å². The second kappa shape index (κ2) is 4.95. The molecule has 0 radical (unpaired) electrons. The minimum Gasteiger partial charge on any atom is -0.545 e. The van der Waals surface area contributed by atoms with Crippen LogP contribution in [0, 0.1) is 27.7 Å². The molecule has 0 N–H and O–H groups in total. The Labute approximate surface area is 101 Å². The van der Waals surface area contributed by atoms with Crippen LogP contribution in [0.15, 0.2) is 18.2 Å². The zero-order valence-corrected chi connectivity index (χ0v) is 10.5. The van der Waals surface area contributed by atoms with Crippen LogP contribution in [-0.4, -0.2) is 11.8 Å². The van der Waals surface area contributed by atoms with Gasteiger partial charge in [0.1, 0.15) is 0 Å². The van der Waals surface area contributed by atoms with Crippen molar-refractivity contribution in [2.75, 3.05) is 0 Å². The molecule has 1 aromatic carbocycles. The number of carbonyl (C=O) groups is 2. The van der Waals surface area contributed by atoms with Gasteiger partial charge in [-0.25, -0.2) is 0 Å². The van der Waals surface area contributed by atoms with Gasteiger partial charge in [-0.05, 0) is 62.1 Å². The molecule has 1 rings (SSSR count). The molecule has 3 nitrogen and oxygen atoms in total. The summed E-state index contributed by atoms with van der Waals surface area (Å²) >= 11 is 0. The van der Waals surface area contributed by atoms with Crippen molar-refractivity contribution < 1.29 is 14.7 Å². The SMILES string of the molecule is Cc1cc(C)c(C)c(C(=O)/C=C/C(=O)[O-])c1C. The third-order valence-corrected chi connectivity index (χ3v) is 2.98. The van der Waals surface area contributed by atoms with Crippen molar-refractivity contribution in [1.29, 1.82) is 0 Å². The van der Waals surface area contributed by atoms with E-state index in [0.717, 1.165) is 34.4 Å². The molecular weight excluding hydrogens is 216 g/mol. The first kappa shape index (κ1) is 13.2. The first-order valence-corrected chi connectivity index (χ1v) is 5.35. The highest BCUT2D eigenvalue weighted by Gasteiger charge is 2.13. The summed E-state index contributed by atoms with van der Waals surface area (Å²) in [6, 6.07) is 2.02. The molecule has 0 saturated carbocycles. The van der Waals surface area contributed by atoms with Crippen molar-refractivity contribution >= 4 is 11.8 Å². The molecule has 0 amide bonds. The Morgan fingerprint density at radius 3 is 1.88 bits per heavy atom. The van der Waals surface area contributed by atoms with Crippen molar-refractivity contribution in [2.45, 2.75) is 27.7 Å². The first-order valence-electron chi connectivity index (χ1n) is 5.35. The van der Waals surface area contributed by atoms with Gasteiger partial charge in [0.05, 0.1) is 5.97 Å². The second-order valence-electron chi connectivity index (χ2n) is 4.15. The van der Waals surface area contributed by atoms with Crippen LogP contribution in [0.5, 0.6) is 0 Å². The second-order valence-corrected chi connectivity index (χ2v) is 4.15. The number of carbonyl (C=O) groups excluding carboxylic acids is 2. The van der Waals surface area contributed by atoms with E-state index in [0.29, 0.717) is 5.56 Å². The molecule has 0 bridgehead atoms. The van der Waals surface area contributed by atoms with E-state index >= 15 is 0 Å². The molecule has 1 aromatic rings. The number of aryl methyl sites for hydroxylation is 2. The molecule has 3 heteroatoms. The zero-order chi connectivity index (χ0) is 13.2. The Bertz CT molecular complexity index is 484. The molecule has 90 valence electrons. The lowest BCUT2D eigenvalue weighted by molar-refractivity contribution is -0.297. The van der Waals surface area contributed by atoms with E-state index in [2.05, 4.69) is 0 Å². The fourth-order valence-corrected chi connectivity index (χ4v) is 1.81. The van der Waals surface area contributed by atoms with Gasteiger partial charge >= 0.3 is 0 Å². The number of hydrogen-bond acceptors (Lipinski definition) is 3. The van der Waals surface area contributed by atoms with E-state index in [9.17, 15) is 14.7 Å². The van der Waals surface area contributed by atoms with E-state index in [4.69, 9.17) is 0 Å². The normalized spacial score (nSPS) is 10.8. The van der Waals surface area contributed by atoms with Crippen molar-refractivity contribution in [3.63, 3.8) is 0 Å². The summed E-state index contributed by atoms with van der Waals surface area (Å²) in [4.78, 5) is 22.2. The molecule has 0 aromatic heterocycles. The molecule has 0 aliphatic rings. The number of rotatable bonds is 3. The third kappa shape index (κ3) is 2.81. The standard InChI is InChI=1S/C14H16O3/c1-8-7-9(2)11(4)14(10(8)3)12(15)5-6-13(16)17/h5-7H,1-4H3,(H,16,17)/p-1/b6-5+. The lowest BCUT2D eigenvalue weighted by Crippen LogP contribution is -2.19. The summed E-state index contributed by atoms with van der Waals surface area (Å²) in [7, 11) is 0. The van der Waals surface area contributed by atoms with Gasteiger partial charge in [0, 0.05) is 5.56 Å². The van der Waals surface area contributed by atoms with Crippen LogP contribution in [0.25, 0.3) is 0 Å². The number of hydrogen-bond donors (Lipinski definition) is 0. The summed E-state index contributed by atoms with van der Waals surface area (Å²) in [5.74, 6) is -1.66. The van der Waals surface area contributed by atoms with Crippen LogP contribution in [-0.2, 0) is 4.79 Å². The summed E-state index contributed by atoms with van der Waals surface area (Å²) in [5, 5.41) is 10.3. The minimum absolute atomic E-state index is 0.295. The molecular formula is C14H15O3-. The van der Waals surface area contributed by atoms with E-state index in [1.165, 1.54) is 0 Å². The van der Waals surface area contributed by atoms with Crippen LogP contribution in [0.3, 0.4) is 0 Å². The largest absolute Gasteiger partial charge is 0.545 e. The molecule has 0 aliphatic carbocycles. The topological polar surface area (TPSA) is 57.2 Å². The van der Waals surface area contributed by atoms with Gasteiger partial charge in [0.15, 0.2) is 5.78 Å². The predicted octanol–water partition coefficient (Wildman–Crippen LogP) is 1.41. The maximum absolute atomic E-state index is 11.9. The summed E-state index contributed by atoms with van der Waals surface area (Å²) in [6.45, 7) is 7.59. The summed E-state index contributed by atoms with van der Waals surface area (Å²) < 4.78 is 0. The summed E-state index contributed by atoms with van der Waals surface area (Å²) in [5.41, 5.74) is 4.42. The fourth-order valence-electron chi connectivity index (χ4n) is 1.81. The highest BCUT2D eigenvalue weighted by atomic mass is 16.4. The average Bonchev–Trinajstić information content (AvgIpc) is 2.24. The quantitative estimate of drug-likeness (QED) is 0.583. The van der Waals surface area contributed by atoms with Crippen LogP contribution in [0.4, 0.5) is 0 Å². The molecule has 0 unspecified atom stereocenters. The molecule has 0 aliphatic heterocycles.